The molecular weight excluding hydrogens is 270 g/mol. The minimum atomic E-state index is -0.864. The van der Waals surface area contributed by atoms with E-state index in [1.54, 1.807) is 0 Å². The molecular formula is C16H23NO4. The summed E-state index contributed by atoms with van der Waals surface area (Å²) in [5.74, 6) is 0. The number of nitrogens with zero attached hydrogens (tertiary/aromatic N) is 1. The topological polar surface area (TPSA) is 73.2 Å². The van der Waals surface area contributed by atoms with Crippen LogP contribution in [0.5, 0.6) is 0 Å². The Balaban J connectivity index is 1.56. The van der Waals surface area contributed by atoms with Gasteiger partial charge in [-0.15, -0.1) is 0 Å². The predicted octanol–water partition coefficient (Wildman–Crippen LogP) is 0.132. The highest BCUT2D eigenvalue weighted by Crippen LogP contribution is 2.32. The first-order valence-electron chi connectivity index (χ1n) is 7.58. The highest BCUT2D eigenvalue weighted by Gasteiger charge is 2.48. The Morgan fingerprint density at radius 2 is 1.81 bits per heavy atom. The monoisotopic (exact) mass is 293 g/mol. The van der Waals surface area contributed by atoms with Crippen LogP contribution in [-0.4, -0.2) is 63.8 Å². The van der Waals surface area contributed by atoms with Gasteiger partial charge in [-0.05, 0) is 18.4 Å². The molecule has 0 aromatic heterocycles. The van der Waals surface area contributed by atoms with Gasteiger partial charge in [-0.1, -0.05) is 30.3 Å². The third-order valence-electron chi connectivity index (χ3n) is 4.61. The fourth-order valence-corrected chi connectivity index (χ4v) is 3.48. The van der Waals surface area contributed by atoms with Crippen molar-refractivity contribution in [3.63, 3.8) is 0 Å². The van der Waals surface area contributed by atoms with Crippen molar-refractivity contribution in [2.24, 2.45) is 0 Å². The molecule has 0 aliphatic carbocycles. The van der Waals surface area contributed by atoms with Crippen LogP contribution in [0.25, 0.3) is 0 Å². The van der Waals surface area contributed by atoms with Gasteiger partial charge in [0.25, 0.3) is 0 Å². The molecule has 0 radical (unpaired) electrons. The summed E-state index contributed by atoms with van der Waals surface area (Å²) in [5, 5.41) is 29.9. The number of hydrogen-bond acceptors (Lipinski definition) is 5. The Morgan fingerprint density at radius 3 is 2.57 bits per heavy atom. The first-order chi connectivity index (χ1) is 10.2. The van der Waals surface area contributed by atoms with E-state index in [2.05, 4.69) is 0 Å². The van der Waals surface area contributed by atoms with Crippen LogP contribution in [0.2, 0.25) is 0 Å². The molecule has 0 spiro atoms. The Labute approximate surface area is 124 Å². The molecule has 2 aliphatic heterocycles. The van der Waals surface area contributed by atoms with E-state index in [1.807, 2.05) is 35.2 Å². The minimum Gasteiger partial charge on any atom is -0.391 e. The van der Waals surface area contributed by atoms with Crippen molar-refractivity contribution < 1.29 is 20.1 Å². The summed E-state index contributed by atoms with van der Waals surface area (Å²) in [5.41, 5.74) is 1.13. The van der Waals surface area contributed by atoms with Gasteiger partial charge in [0.15, 0.2) is 0 Å². The van der Waals surface area contributed by atoms with Crippen LogP contribution in [0, 0.1) is 0 Å². The Morgan fingerprint density at radius 1 is 1.05 bits per heavy atom. The normalized spacial score (nSPS) is 36.6. The maximum atomic E-state index is 10.0. The molecule has 0 saturated carbocycles. The number of hydrogen-bond donors (Lipinski definition) is 3. The average molecular weight is 293 g/mol. The molecule has 5 heteroatoms. The predicted molar refractivity (Wildman–Crippen MR) is 77.6 cm³/mol. The number of benzene rings is 1. The largest absolute Gasteiger partial charge is 0.391 e. The van der Waals surface area contributed by atoms with E-state index in [4.69, 9.17) is 4.74 Å². The van der Waals surface area contributed by atoms with Gasteiger partial charge in [0.05, 0.1) is 37.6 Å². The van der Waals surface area contributed by atoms with Crippen LogP contribution in [0.1, 0.15) is 18.4 Å². The summed E-state index contributed by atoms with van der Waals surface area (Å²) in [6.07, 6.45) is -0.741. The molecule has 5 atom stereocenters. The summed E-state index contributed by atoms with van der Waals surface area (Å²) < 4.78 is 5.79. The SMILES string of the molecule is OC1CN2C(COCc3ccccc3)CCC(O)[C@@H]2C1O. The second kappa shape index (κ2) is 6.42. The molecule has 3 rings (SSSR count). The quantitative estimate of drug-likeness (QED) is 0.736. The van der Waals surface area contributed by atoms with Gasteiger partial charge in [0, 0.05) is 12.6 Å². The van der Waals surface area contributed by atoms with Crippen molar-refractivity contribution in [1.29, 1.82) is 0 Å². The molecule has 2 saturated heterocycles. The Kier molecular flexibility index (Phi) is 4.57. The van der Waals surface area contributed by atoms with Crippen LogP contribution < -0.4 is 0 Å². The number of fused-ring (bicyclic) bond motifs is 1. The fraction of sp³-hybridized carbons (Fsp3) is 0.625. The van der Waals surface area contributed by atoms with Crippen molar-refractivity contribution in [2.75, 3.05) is 13.2 Å². The van der Waals surface area contributed by atoms with Gasteiger partial charge in [-0.25, -0.2) is 0 Å². The van der Waals surface area contributed by atoms with Crippen molar-refractivity contribution in [3.05, 3.63) is 35.9 Å². The number of aliphatic hydroxyl groups is 3. The summed E-state index contributed by atoms with van der Waals surface area (Å²) in [7, 11) is 0. The van der Waals surface area contributed by atoms with E-state index in [1.165, 1.54) is 0 Å². The Bertz CT molecular complexity index is 455. The van der Waals surface area contributed by atoms with Crippen LogP contribution in [0.15, 0.2) is 30.3 Å². The second-order valence-electron chi connectivity index (χ2n) is 6.04. The number of aliphatic hydroxyl groups excluding tert-OH is 3. The third kappa shape index (κ3) is 3.12. The average Bonchev–Trinajstić information content (AvgIpc) is 2.79. The zero-order chi connectivity index (χ0) is 14.8. The number of rotatable bonds is 4. The summed E-state index contributed by atoms with van der Waals surface area (Å²) >= 11 is 0. The highest BCUT2D eigenvalue weighted by atomic mass is 16.5. The smallest absolute Gasteiger partial charge is 0.0991 e. The molecule has 2 fully saturated rings. The standard InChI is InChI=1S/C16H23NO4/c18-13-7-6-12(17-8-14(19)16(20)15(13)17)10-21-9-11-4-2-1-3-5-11/h1-5,12-16,18-20H,6-10H2/t12?,13?,14?,15-,16?/m1/s1. The van der Waals surface area contributed by atoms with Crippen LogP contribution in [-0.2, 0) is 11.3 Å². The van der Waals surface area contributed by atoms with Crippen molar-refractivity contribution >= 4 is 0 Å². The van der Waals surface area contributed by atoms with Crippen molar-refractivity contribution in [2.45, 2.75) is 49.8 Å². The summed E-state index contributed by atoms with van der Waals surface area (Å²) in [6, 6.07) is 9.78. The lowest BCUT2D eigenvalue weighted by molar-refractivity contribution is -0.0626. The number of ether oxygens (including phenoxy) is 1. The maximum absolute atomic E-state index is 10.0. The molecule has 3 N–H and O–H groups in total. The first kappa shape index (κ1) is 14.9. The van der Waals surface area contributed by atoms with Crippen molar-refractivity contribution in [3.8, 4) is 0 Å². The van der Waals surface area contributed by atoms with E-state index in [9.17, 15) is 15.3 Å². The maximum Gasteiger partial charge on any atom is 0.0991 e. The fourth-order valence-electron chi connectivity index (χ4n) is 3.48. The van der Waals surface area contributed by atoms with E-state index in [-0.39, 0.29) is 12.1 Å². The van der Waals surface area contributed by atoms with E-state index in [0.717, 1.165) is 12.0 Å². The lowest BCUT2D eigenvalue weighted by Crippen LogP contribution is -2.54. The van der Waals surface area contributed by atoms with Gasteiger partial charge < -0.3 is 20.1 Å². The molecule has 1 aromatic rings. The third-order valence-corrected chi connectivity index (χ3v) is 4.61. The molecule has 0 amide bonds. The van der Waals surface area contributed by atoms with Crippen LogP contribution in [0.3, 0.4) is 0 Å². The molecule has 5 nitrogen and oxygen atoms in total. The van der Waals surface area contributed by atoms with E-state index < -0.39 is 18.3 Å². The summed E-state index contributed by atoms with van der Waals surface area (Å²) in [6.45, 7) is 1.52. The van der Waals surface area contributed by atoms with Gasteiger partial charge in [-0.2, -0.15) is 0 Å². The molecule has 0 bridgehead atoms. The van der Waals surface area contributed by atoms with Crippen LogP contribution >= 0.6 is 0 Å². The minimum absolute atomic E-state index is 0.147. The number of piperidine rings is 1. The summed E-state index contributed by atoms with van der Waals surface area (Å²) in [4.78, 5) is 2.01. The van der Waals surface area contributed by atoms with Crippen LogP contribution in [0.4, 0.5) is 0 Å². The molecule has 2 heterocycles. The van der Waals surface area contributed by atoms with Gasteiger partial charge in [0.1, 0.15) is 0 Å². The van der Waals surface area contributed by atoms with E-state index in [0.29, 0.717) is 26.2 Å². The molecule has 1 aromatic carbocycles. The zero-order valence-corrected chi connectivity index (χ0v) is 12.0. The molecule has 116 valence electrons. The Hall–Kier alpha value is -0.980. The molecule has 2 aliphatic rings. The van der Waals surface area contributed by atoms with Gasteiger partial charge in [0.2, 0.25) is 0 Å². The van der Waals surface area contributed by atoms with E-state index >= 15 is 0 Å². The molecule has 4 unspecified atom stereocenters. The van der Waals surface area contributed by atoms with Crippen molar-refractivity contribution in [1.82, 2.24) is 4.90 Å². The lowest BCUT2D eigenvalue weighted by Gasteiger charge is -2.40. The lowest BCUT2D eigenvalue weighted by atomic mass is 9.92. The molecule has 21 heavy (non-hydrogen) atoms. The zero-order valence-electron chi connectivity index (χ0n) is 12.0. The first-order valence-corrected chi connectivity index (χ1v) is 7.58. The van der Waals surface area contributed by atoms with Gasteiger partial charge >= 0.3 is 0 Å². The second-order valence-corrected chi connectivity index (χ2v) is 6.04. The van der Waals surface area contributed by atoms with Gasteiger partial charge in [-0.3, -0.25) is 4.90 Å². The highest BCUT2D eigenvalue weighted by molar-refractivity contribution is 5.13.